The zero-order chi connectivity index (χ0) is 19.5. The number of benzene rings is 2. The first kappa shape index (κ1) is 23.7. The maximum Gasteiger partial charge on any atom is 0.232 e. The molecule has 0 aliphatic rings. The van der Waals surface area contributed by atoms with Gasteiger partial charge < -0.3 is 5.73 Å². The molecule has 0 saturated heterocycles. The van der Waals surface area contributed by atoms with Crippen LogP contribution in [-0.4, -0.2) is 30.4 Å². The molecule has 0 aromatic heterocycles. The fourth-order valence-electron chi connectivity index (χ4n) is 3.40. The van der Waals surface area contributed by atoms with Crippen molar-refractivity contribution in [1.82, 2.24) is 4.90 Å². The predicted octanol–water partition coefficient (Wildman–Crippen LogP) is 4.72. The Morgan fingerprint density at radius 3 is 1.68 bits per heavy atom. The molecule has 0 atom stereocenters. The summed E-state index contributed by atoms with van der Waals surface area (Å²) >= 11 is 0. The number of hydrogen-bond donors (Lipinski definition) is 1. The smallest absolute Gasteiger partial charge is 0.232 e. The van der Waals surface area contributed by atoms with Crippen LogP contribution in [0.3, 0.4) is 0 Å². The summed E-state index contributed by atoms with van der Waals surface area (Å²) in [6, 6.07) is 19.8. The number of amides is 1. The molecule has 2 aromatic rings. The molecule has 150 valence electrons. The van der Waals surface area contributed by atoms with Crippen LogP contribution in [-0.2, 0) is 10.2 Å². The number of halogens is 1. The monoisotopic (exact) mass is 398 g/mol. The van der Waals surface area contributed by atoms with Crippen LogP contribution in [0.2, 0.25) is 0 Å². The van der Waals surface area contributed by atoms with Gasteiger partial charge in [-0.15, -0.1) is 12.4 Å². The molecule has 0 unspecified atom stereocenters. The summed E-state index contributed by atoms with van der Waals surface area (Å²) in [4.78, 5) is 15.2. The lowest BCUT2D eigenvalue weighted by Gasteiger charge is -2.34. The van der Waals surface area contributed by atoms with Crippen LogP contribution in [0.4, 0.5) is 0 Å². The van der Waals surface area contributed by atoms with Gasteiger partial charge in [-0.05, 0) is 31.4 Å². The van der Waals surface area contributed by atoms with Gasteiger partial charge in [-0.1, -0.05) is 85.0 Å². The van der Waals surface area contributed by atoms with Crippen molar-refractivity contribution in [1.29, 1.82) is 0 Å². The maximum absolute atomic E-state index is 12.8. The molecule has 0 bridgehead atoms. The second-order valence-electron chi connectivity index (χ2n) is 6.65. The molecule has 2 aromatic carbocycles. The van der Waals surface area contributed by atoms with E-state index < -0.39 is 5.41 Å². The maximum atomic E-state index is 12.8. The van der Waals surface area contributed by atoms with Crippen LogP contribution in [0.5, 0.6) is 0 Å². The molecule has 0 heterocycles. The minimum atomic E-state index is -0.841. The summed E-state index contributed by atoms with van der Waals surface area (Å²) in [7, 11) is 0. The van der Waals surface area contributed by atoms with Gasteiger partial charge in [0.05, 0.1) is 5.41 Å². The van der Waals surface area contributed by atoms with Gasteiger partial charge in [0.1, 0.15) is 0 Å². The summed E-state index contributed by atoms with van der Waals surface area (Å²) in [5.74, 6) is -0.308. The summed E-state index contributed by atoms with van der Waals surface area (Å²) in [5, 5.41) is 0. The van der Waals surface area contributed by atoms with Gasteiger partial charge in [0.15, 0.2) is 0 Å². The van der Waals surface area contributed by atoms with E-state index in [1.165, 1.54) is 0 Å². The Balaban J connectivity index is 0.00000392. The summed E-state index contributed by atoms with van der Waals surface area (Å²) in [5.41, 5.74) is 7.09. The molecule has 0 saturated carbocycles. The second kappa shape index (κ2) is 12.2. The van der Waals surface area contributed by atoms with E-state index in [-0.39, 0.29) is 18.3 Å². The van der Waals surface area contributed by atoms with Crippen molar-refractivity contribution in [3.05, 3.63) is 96.1 Å². The Kier molecular flexibility index (Phi) is 10.3. The van der Waals surface area contributed by atoms with E-state index in [0.29, 0.717) is 6.42 Å². The van der Waals surface area contributed by atoms with E-state index in [0.717, 1.165) is 30.8 Å². The molecule has 0 spiro atoms. The van der Waals surface area contributed by atoms with Gasteiger partial charge in [0.2, 0.25) is 5.91 Å². The number of carbonyl (C=O) groups is 1. The number of nitrogens with zero attached hydrogens (tertiary/aromatic N) is 1. The molecule has 2 rings (SSSR count). The first-order valence-corrected chi connectivity index (χ1v) is 9.50. The first-order chi connectivity index (χ1) is 13.1. The SMILES string of the molecule is C/C=C/CN(C/C=C/C)CCC(C(N)=O)(c1ccccc1)c1ccccc1.Cl. The largest absolute Gasteiger partial charge is 0.369 e. The van der Waals surface area contributed by atoms with Crippen molar-refractivity contribution >= 4 is 18.3 Å². The van der Waals surface area contributed by atoms with Gasteiger partial charge in [-0.25, -0.2) is 0 Å². The summed E-state index contributed by atoms with van der Waals surface area (Å²) in [6.07, 6.45) is 9.02. The van der Waals surface area contributed by atoms with E-state index >= 15 is 0 Å². The third kappa shape index (κ3) is 5.82. The van der Waals surface area contributed by atoms with Gasteiger partial charge in [0, 0.05) is 19.6 Å². The molecule has 0 fully saturated rings. The third-order valence-corrected chi connectivity index (χ3v) is 4.96. The number of carbonyl (C=O) groups excluding carboxylic acids is 1. The van der Waals surface area contributed by atoms with E-state index in [1.807, 2.05) is 74.5 Å². The Bertz CT molecular complexity index is 703. The van der Waals surface area contributed by atoms with Crippen LogP contribution in [0.15, 0.2) is 85.0 Å². The topological polar surface area (TPSA) is 46.3 Å². The molecule has 2 N–H and O–H groups in total. The number of primary amides is 1. The minimum Gasteiger partial charge on any atom is -0.369 e. The van der Waals surface area contributed by atoms with E-state index in [9.17, 15) is 4.79 Å². The summed E-state index contributed by atoms with van der Waals surface area (Å²) in [6.45, 7) is 6.50. The lowest BCUT2D eigenvalue weighted by atomic mass is 9.71. The average Bonchev–Trinajstić information content (AvgIpc) is 2.71. The molecule has 1 amide bonds. The fraction of sp³-hybridized carbons (Fsp3) is 0.292. The molecule has 0 aliphatic carbocycles. The fourth-order valence-corrected chi connectivity index (χ4v) is 3.40. The van der Waals surface area contributed by atoms with E-state index in [4.69, 9.17) is 5.73 Å². The highest BCUT2D eigenvalue weighted by molar-refractivity contribution is 5.90. The van der Waals surface area contributed by atoms with Gasteiger partial charge in [-0.2, -0.15) is 0 Å². The van der Waals surface area contributed by atoms with Crippen molar-refractivity contribution in [3.63, 3.8) is 0 Å². The molecular formula is C24H31ClN2O. The molecule has 3 nitrogen and oxygen atoms in total. The highest BCUT2D eigenvalue weighted by Gasteiger charge is 2.40. The standard InChI is InChI=1S/C24H30N2O.ClH/c1-3-5-18-26(19-6-4-2)20-17-24(23(25)27,21-13-9-7-10-14-21)22-15-11-8-12-16-22;/h3-16H,17-20H2,1-2H3,(H2,25,27);1H/b5-3+,6-4+;. The van der Waals surface area contributed by atoms with Crippen LogP contribution >= 0.6 is 12.4 Å². The number of rotatable bonds is 10. The van der Waals surface area contributed by atoms with Crippen LogP contribution in [0.1, 0.15) is 31.4 Å². The molecule has 0 aliphatic heterocycles. The average molecular weight is 399 g/mol. The first-order valence-electron chi connectivity index (χ1n) is 9.50. The predicted molar refractivity (Wildman–Crippen MR) is 121 cm³/mol. The zero-order valence-corrected chi connectivity index (χ0v) is 17.6. The minimum absolute atomic E-state index is 0. The molecule has 0 radical (unpaired) electrons. The lowest BCUT2D eigenvalue weighted by molar-refractivity contribution is -0.122. The quantitative estimate of drug-likeness (QED) is 0.588. The van der Waals surface area contributed by atoms with Crippen molar-refractivity contribution in [2.45, 2.75) is 25.7 Å². The van der Waals surface area contributed by atoms with Gasteiger partial charge >= 0.3 is 0 Å². The Hall–Kier alpha value is -2.36. The Labute approximate surface area is 175 Å². The lowest BCUT2D eigenvalue weighted by Crippen LogP contribution is -2.45. The Morgan fingerprint density at radius 2 is 1.32 bits per heavy atom. The van der Waals surface area contributed by atoms with Crippen molar-refractivity contribution in [2.24, 2.45) is 5.73 Å². The molecule has 28 heavy (non-hydrogen) atoms. The number of hydrogen-bond acceptors (Lipinski definition) is 2. The molecule has 4 heteroatoms. The van der Waals surface area contributed by atoms with Gasteiger partial charge in [0.25, 0.3) is 0 Å². The van der Waals surface area contributed by atoms with Crippen molar-refractivity contribution in [2.75, 3.05) is 19.6 Å². The highest BCUT2D eigenvalue weighted by Crippen LogP contribution is 2.35. The van der Waals surface area contributed by atoms with Crippen molar-refractivity contribution in [3.8, 4) is 0 Å². The number of allylic oxidation sites excluding steroid dienone is 2. The van der Waals surface area contributed by atoms with E-state index in [2.05, 4.69) is 29.2 Å². The molecular weight excluding hydrogens is 368 g/mol. The second-order valence-corrected chi connectivity index (χ2v) is 6.65. The third-order valence-electron chi connectivity index (χ3n) is 4.96. The van der Waals surface area contributed by atoms with Crippen molar-refractivity contribution < 1.29 is 4.79 Å². The number of nitrogens with two attached hydrogens (primary N) is 1. The van der Waals surface area contributed by atoms with Gasteiger partial charge in [-0.3, -0.25) is 9.69 Å². The van der Waals surface area contributed by atoms with E-state index in [1.54, 1.807) is 0 Å². The Morgan fingerprint density at radius 1 is 0.893 bits per heavy atom. The zero-order valence-electron chi connectivity index (χ0n) is 16.8. The van der Waals surface area contributed by atoms with Crippen LogP contribution in [0.25, 0.3) is 0 Å². The summed E-state index contributed by atoms with van der Waals surface area (Å²) < 4.78 is 0. The van der Waals surface area contributed by atoms with Crippen LogP contribution < -0.4 is 5.73 Å². The van der Waals surface area contributed by atoms with Crippen LogP contribution in [0, 0.1) is 0 Å². The highest BCUT2D eigenvalue weighted by atomic mass is 35.5. The normalized spacial score (nSPS) is 11.8.